The molecule has 3 aromatic carbocycles. The summed E-state index contributed by atoms with van der Waals surface area (Å²) in [4.78, 5) is 4.57. The monoisotopic (exact) mass is 349 g/mol. The first kappa shape index (κ1) is 17.2. The fourth-order valence-corrected chi connectivity index (χ4v) is 3.61. The lowest BCUT2D eigenvalue weighted by Gasteiger charge is -2.10. The van der Waals surface area contributed by atoms with E-state index >= 15 is 0 Å². The van der Waals surface area contributed by atoms with Crippen molar-refractivity contribution in [3.63, 3.8) is 0 Å². The molecule has 0 saturated heterocycles. The first-order valence-electron chi connectivity index (χ1n) is 7.99. The number of ether oxygens (including phenoxy) is 1. The van der Waals surface area contributed by atoms with Crippen LogP contribution in [-0.2, 0) is 0 Å². The van der Waals surface area contributed by atoms with Crippen LogP contribution in [0.25, 0.3) is 0 Å². The van der Waals surface area contributed by atoms with Gasteiger partial charge in [0.2, 0.25) is 0 Å². The number of benzene rings is 3. The van der Waals surface area contributed by atoms with Crippen molar-refractivity contribution in [1.29, 1.82) is 0 Å². The average molecular weight is 349 g/mol. The fourth-order valence-electron chi connectivity index (χ4n) is 2.45. The second-order valence-electron chi connectivity index (χ2n) is 5.69. The third kappa shape index (κ3) is 4.46. The standard InChI is InChI=1S/C21H20NO2P/c1-15-8-11-20(25-21-13-18(24-2)9-10-19(21)23)16(12-15)14-22-17-6-4-3-5-7-17/h3-14,23,25H,1-2H3/b22-14+. The number of aryl methyl sites for hydroxylation is 1. The normalized spacial score (nSPS) is 11.4. The smallest absolute Gasteiger partial charge is 0.123 e. The van der Waals surface area contributed by atoms with E-state index in [-0.39, 0.29) is 5.75 Å². The first-order valence-corrected chi connectivity index (χ1v) is 8.99. The molecule has 0 radical (unpaired) electrons. The molecule has 3 rings (SSSR count). The van der Waals surface area contributed by atoms with Gasteiger partial charge >= 0.3 is 0 Å². The van der Waals surface area contributed by atoms with Crippen LogP contribution >= 0.6 is 8.58 Å². The van der Waals surface area contributed by atoms with Gasteiger partial charge in [0.05, 0.1) is 12.8 Å². The molecule has 0 heterocycles. The molecule has 25 heavy (non-hydrogen) atoms. The Morgan fingerprint density at radius 3 is 2.52 bits per heavy atom. The zero-order chi connectivity index (χ0) is 17.6. The molecular formula is C21H20NO2P. The Hall–Kier alpha value is -2.64. The molecule has 0 bridgehead atoms. The molecule has 1 unspecified atom stereocenters. The molecule has 0 aliphatic rings. The van der Waals surface area contributed by atoms with Crippen LogP contribution in [0.4, 0.5) is 5.69 Å². The summed E-state index contributed by atoms with van der Waals surface area (Å²) < 4.78 is 5.27. The number of aliphatic imine (C=N–C) groups is 1. The molecule has 0 fully saturated rings. The minimum absolute atomic E-state index is 0.283. The Balaban J connectivity index is 1.93. The number of nitrogens with zero attached hydrogens (tertiary/aromatic N) is 1. The third-order valence-corrected chi connectivity index (χ3v) is 5.18. The zero-order valence-corrected chi connectivity index (χ0v) is 15.2. The van der Waals surface area contributed by atoms with Crippen molar-refractivity contribution in [2.45, 2.75) is 6.92 Å². The van der Waals surface area contributed by atoms with Gasteiger partial charge in [-0.05, 0) is 48.6 Å². The Morgan fingerprint density at radius 1 is 0.960 bits per heavy atom. The van der Waals surface area contributed by atoms with Gasteiger partial charge in [0.1, 0.15) is 11.5 Å². The third-order valence-electron chi connectivity index (χ3n) is 3.79. The van der Waals surface area contributed by atoms with E-state index in [9.17, 15) is 5.11 Å². The highest BCUT2D eigenvalue weighted by Crippen LogP contribution is 2.24. The SMILES string of the molecule is COc1ccc(O)c(Pc2ccc(C)cc2/C=N/c2ccccc2)c1. The van der Waals surface area contributed by atoms with Crippen LogP contribution in [0.1, 0.15) is 11.1 Å². The van der Waals surface area contributed by atoms with Crippen LogP contribution in [0.5, 0.6) is 11.5 Å². The van der Waals surface area contributed by atoms with Gasteiger partial charge in [-0.3, -0.25) is 4.99 Å². The Morgan fingerprint density at radius 2 is 1.76 bits per heavy atom. The van der Waals surface area contributed by atoms with E-state index in [0.717, 1.165) is 27.6 Å². The molecule has 4 heteroatoms. The highest BCUT2D eigenvalue weighted by Gasteiger charge is 2.08. The zero-order valence-electron chi connectivity index (χ0n) is 14.2. The van der Waals surface area contributed by atoms with Gasteiger partial charge in [0.15, 0.2) is 0 Å². The number of hydrogen-bond donors (Lipinski definition) is 1. The van der Waals surface area contributed by atoms with Crippen LogP contribution in [0.3, 0.4) is 0 Å². The van der Waals surface area contributed by atoms with Gasteiger partial charge in [-0.2, -0.15) is 0 Å². The fraction of sp³-hybridized carbons (Fsp3) is 0.0952. The van der Waals surface area contributed by atoms with Gasteiger partial charge in [0.25, 0.3) is 0 Å². The molecule has 0 aliphatic carbocycles. The predicted molar refractivity (Wildman–Crippen MR) is 107 cm³/mol. The van der Waals surface area contributed by atoms with E-state index in [0.29, 0.717) is 8.58 Å². The highest BCUT2D eigenvalue weighted by molar-refractivity contribution is 7.56. The van der Waals surface area contributed by atoms with E-state index < -0.39 is 0 Å². The summed E-state index contributed by atoms with van der Waals surface area (Å²) in [5.74, 6) is 1.03. The molecule has 0 saturated carbocycles. The van der Waals surface area contributed by atoms with Gasteiger partial charge in [-0.25, -0.2) is 0 Å². The van der Waals surface area contributed by atoms with Crippen molar-refractivity contribution < 1.29 is 9.84 Å². The van der Waals surface area contributed by atoms with Crippen molar-refractivity contribution in [2.24, 2.45) is 4.99 Å². The van der Waals surface area contributed by atoms with Crippen molar-refractivity contribution in [3.05, 3.63) is 77.9 Å². The molecule has 0 aliphatic heterocycles. The summed E-state index contributed by atoms with van der Waals surface area (Å²) in [5.41, 5.74) is 3.16. The number of aromatic hydroxyl groups is 1. The van der Waals surface area contributed by atoms with E-state index in [2.05, 4.69) is 30.1 Å². The van der Waals surface area contributed by atoms with E-state index in [1.165, 1.54) is 5.56 Å². The summed E-state index contributed by atoms with van der Waals surface area (Å²) >= 11 is 0. The van der Waals surface area contributed by atoms with Crippen molar-refractivity contribution in [1.82, 2.24) is 0 Å². The molecule has 126 valence electrons. The number of methoxy groups -OCH3 is 1. The lowest BCUT2D eigenvalue weighted by Crippen LogP contribution is -2.10. The molecular weight excluding hydrogens is 329 g/mol. The number of phenols is 1. The van der Waals surface area contributed by atoms with E-state index in [1.54, 1.807) is 19.2 Å². The summed E-state index contributed by atoms with van der Waals surface area (Å²) in [6, 6.07) is 21.5. The van der Waals surface area contributed by atoms with Crippen LogP contribution in [0.15, 0.2) is 71.7 Å². The summed E-state index contributed by atoms with van der Waals surface area (Å²) in [7, 11) is 1.94. The quantitative estimate of drug-likeness (QED) is 0.557. The largest absolute Gasteiger partial charge is 0.507 e. The molecule has 1 N–H and O–H groups in total. The number of para-hydroxylation sites is 1. The van der Waals surface area contributed by atoms with Gasteiger partial charge < -0.3 is 9.84 Å². The van der Waals surface area contributed by atoms with E-state index in [4.69, 9.17) is 4.74 Å². The number of phenolic OH excluding ortho intramolecular Hbond substituents is 1. The molecule has 0 spiro atoms. The topological polar surface area (TPSA) is 41.8 Å². The van der Waals surface area contributed by atoms with Crippen LogP contribution < -0.4 is 15.3 Å². The maximum Gasteiger partial charge on any atom is 0.123 e. The highest BCUT2D eigenvalue weighted by atomic mass is 31.1. The summed E-state index contributed by atoms with van der Waals surface area (Å²) in [6.07, 6.45) is 1.89. The lowest BCUT2D eigenvalue weighted by molar-refractivity contribution is 0.413. The van der Waals surface area contributed by atoms with Crippen molar-refractivity contribution >= 4 is 31.1 Å². The summed E-state index contributed by atoms with van der Waals surface area (Å²) in [6.45, 7) is 2.07. The molecule has 0 aromatic heterocycles. The van der Waals surface area contributed by atoms with Crippen LogP contribution in [0.2, 0.25) is 0 Å². The van der Waals surface area contributed by atoms with Crippen molar-refractivity contribution in [3.8, 4) is 11.5 Å². The molecule has 3 nitrogen and oxygen atoms in total. The molecule has 1 atom stereocenters. The van der Waals surface area contributed by atoms with E-state index in [1.807, 2.05) is 42.6 Å². The predicted octanol–water partition coefficient (Wildman–Crippen LogP) is 4.09. The maximum absolute atomic E-state index is 10.2. The minimum atomic E-state index is 0.283. The number of hydrogen-bond acceptors (Lipinski definition) is 3. The van der Waals surface area contributed by atoms with Gasteiger partial charge in [-0.1, -0.05) is 44.5 Å². The van der Waals surface area contributed by atoms with Crippen molar-refractivity contribution in [2.75, 3.05) is 7.11 Å². The second kappa shape index (κ2) is 7.96. The first-order chi connectivity index (χ1) is 12.2. The lowest BCUT2D eigenvalue weighted by atomic mass is 10.1. The molecule has 3 aromatic rings. The minimum Gasteiger partial charge on any atom is -0.507 e. The summed E-state index contributed by atoms with van der Waals surface area (Å²) in [5, 5.41) is 12.2. The molecule has 0 amide bonds. The van der Waals surface area contributed by atoms with Crippen LogP contribution in [-0.4, -0.2) is 18.4 Å². The Bertz CT molecular complexity index is 892. The second-order valence-corrected chi connectivity index (χ2v) is 7.02. The Labute approximate surface area is 149 Å². The maximum atomic E-state index is 10.2. The van der Waals surface area contributed by atoms with Crippen LogP contribution in [0, 0.1) is 6.92 Å². The number of rotatable bonds is 5. The van der Waals surface area contributed by atoms with Gasteiger partial charge in [-0.15, -0.1) is 0 Å². The average Bonchev–Trinajstić information content (AvgIpc) is 2.64. The van der Waals surface area contributed by atoms with Gasteiger partial charge in [0, 0.05) is 17.1 Å². The Kier molecular flexibility index (Phi) is 5.47.